The smallest absolute Gasteiger partial charge is 0.170 e. The third-order valence-corrected chi connectivity index (χ3v) is 10.0. The zero-order valence-corrected chi connectivity index (χ0v) is 31.2. The number of carbonyl (C=O) groups excluding carboxylic acids is 2. The van der Waals surface area contributed by atoms with Crippen LogP contribution in [0.2, 0.25) is 0 Å². The first kappa shape index (κ1) is 38.9. The first-order valence-corrected chi connectivity index (χ1v) is 17.7. The van der Waals surface area contributed by atoms with E-state index in [-0.39, 0.29) is 64.3 Å². The van der Waals surface area contributed by atoms with Gasteiger partial charge in [-0.3, -0.25) is 9.59 Å². The molecule has 6 N–H and O–H groups in total. The predicted octanol–water partition coefficient (Wildman–Crippen LogP) is 6.72. The van der Waals surface area contributed by atoms with Gasteiger partial charge in [0.25, 0.3) is 0 Å². The second kappa shape index (κ2) is 16.3. The summed E-state index contributed by atoms with van der Waals surface area (Å²) in [5, 5.41) is 67.0. The Morgan fingerprint density at radius 3 is 1.64 bits per heavy atom. The van der Waals surface area contributed by atoms with Crippen molar-refractivity contribution in [1.82, 2.24) is 0 Å². The molecular formula is C43H42O13. The van der Waals surface area contributed by atoms with Crippen LogP contribution in [0.5, 0.6) is 63.2 Å². The van der Waals surface area contributed by atoms with Gasteiger partial charge in [-0.1, -0.05) is 24.3 Å². The lowest BCUT2D eigenvalue weighted by atomic mass is 9.81. The standard InChI is InChI=1S/C43H42O13/c1-52-24-11-5-22(6-12-24)9-15-28(44)39-36(55-4)21-34-27(42(39)50)18-37(56-34)38(26-17-31(47)32(48)19-30(26)46)41-33(49)20-35(54-3)40(43(41)51)29(45)16-10-23-7-13-25(53-2)14-8-23/h5-8,11-14,17,19-21,37-38,46-51H,9-10,15-16,18H2,1-4H3/t37-,38-/m0/s1. The minimum Gasteiger partial charge on any atom is -0.508 e. The van der Waals surface area contributed by atoms with E-state index in [2.05, 4.69) is 0 Å². The molecular weight excluding hydrogens is 724 g/mol. The number of aromatic hydroxyl groups is 6. The van der Waals surface area contributed by atoms with Crippen molar-refractivity contribution < 1.29 is 63.9 Å². The Morgan fingerprint density at radius 1 is 0.625 bits per heavy atom. The maximum Gasteiger partial charge on any atom is 0.170 e. The van der Waals surface area contributed by atoms with Crippen molar-refractivity contribution in [1.29, 1.82) is 0 Å². The van der Waals surface area contributed by atoms with E-state index in [0.717, 1.165) is 29.3 Å². The lowest BCUT2D eigenvalue weighted by molar-refractivity contribution is 0.0968. The molecule has 0 bridgehead atoms. The molecule has 0 fully saturated rings. The first-order valence-electron chi connectivity index (χ1n) is 17.7. The maximum atomic E-state index is 13.8. The van der Waals surface area contributed by atoms with E-state index in [1.807, 2.05) is 12.1 Å². The minimum absolute atomic E-state index is 0.0332. The average Bonchev–Trinajstić information content (AvgIpc) is 3.63. The second-order valence-corrected chi connectivity index (χ2v) is 13.3. The van der Waals surface area contributed by atoms with Gasteiger partial charge in [-0.2, -0.15) is 0 Å². The fourth-order valence-electron chi connectivity index (χ4n) is 7.09. The van der Waals surface area contributed by atoms with Gasteiger partial charge in [-0.05, 0) is 54.3 Å². The number of rotatable bonds is 15. The molecule has 0 aliphatic carbocycles. The quantitative estimate of drug-likeness (QED) is 0.0373. The van der Waals surface area contributed by atoms with Gasteiger partial charge in [0.05, 0.1) is 34.4 Å². The van der Waals surface area contributed by atoms with Crippen molar-refractivity contribution in [2.75, 3.05) is 28.4 Å². The lowest BCUT2D eigenvalue weighted by Crippen LogP contribution is -2.25. The molecule has 0 spiro atoms. The number of phenolic OH excluding ortho intramolecular Hbond substituents is 6. The van der Waals surface area contributed by atoms with Crippen molar-refractivity contribution in [3.05, 3.63) is 112 Å². The topological polar surface area (TPSA) is 202 Å². The van der Waals surface area contributed by atoms with Crippen LogP contribution < -0.4 is 23.7 Å². The number of aryl methyl sites for hydroxylation is 2. The largest absolute Gasteiger partial charge is 0.508 e. The van der Waals surface area contributed by atoms with Crippen LogP contribution >= 0.6 is 0 Å². The highest BCUT2D eigenvalue weighted by molar-refractivity contribution is 6.03. The van der Waals surface area contributed by atoms with Crippen molar-refractivity contribution in [2.45, 2.75) is 44.1 Å². The Balaban J connectivity index is 1.39. The molecule has 0 radical (unpaired) electrons. The fraction of sp³-hybridized carbons (Fsp3) is 0.256. The van der Waals surface area contributed by atoms with E-state index >= 15 is 0 Å². The fourth-order valence-corrected chi connectivity index (χ4v) is 7.09. The molecule has 0 unspecified atom stereocenters. The number of Topliss-reactive ketones (excluding diaryl/α,β-unsaturated/α-hetero) is 2. The Morgan fingerprint density at radius 2 is 1.12 bits per heavy atom. The number of carbonyl (C=O) groups is 2. The zero-order valence-electron chi connectivity index (χ0n) is 31.2. The number of hydrogen-bond acceptors (Lipinski definition) is 13. The lowest BCUT2D eigenvalue weighted by Gasteiger charge is -2.28. The Kier molecular flexibility index (Phi) is 11.3. The van der Waals surface area contributed by atoms with Crippen LogP contribution in [-0.4, -0.2) is 76.7 Å². The molecule has 0 amide bonds. The van der Waals surface area contributed by atoms with Gasteiger partial charge < -0.3 is 54.3 Å². The van der Waals surface area contributed by atoms with Crippen LogP contribution in [0.25, 0.3) is 0 Å². The highest BCUT2D eigenvalue weighted by Crippen LogP contribution is 2.53. The SMILES string of the molecule is COc1ccc(CCC(=O)c2c(OC)cc3c(c2O)C[C@@H]([C@H](c2cc(O)c(O)cc2O)c2c(O)cc(OC)c(C(=O)CCc4ccc(OC)cc4)c2O)O3)cc1. The Bertz CT molecular complexity index is 2260. The summed E-state index contributed by atoms with van der Waals surface area (Å²) >= 11 is 0. The third-order valence-electron chi connectivity index (χ3n) is 10.0. The third kappa shape index (κ3) is 7.61. The second-order valence-electron chi connectivity index (χ2n) is 13.3. The summed E-state index contributed by atoms with van der Waals surface area (Å²) in [7, 11) is 5.72. The molecule has 1 aliphatic rings. The summed E-state index contributed by atoms with van der Waals surface area (Å²) in [4.78, 5) is 27.5. The molecule has 292 valence electrons. The molecule has 1 heterocycles. The highest BCUT2D eigenvalue weighted by Gasteiger charge is 2.42. The van der Waals surface area contributed by atoms with Gasteiger partial charge in [0, 0.05) is 54.2 Å². The van der Waals surface area contributed by atoms with Gasteiger partial charge in [-0.25, -0.2) is 0 Å². The zero-order chi connectivity index (χ0) is 40.3. The summed E-state index contributed by atoms with van der Waals surface area (Å²) < 4.78 is 27.7. The number of methoxy groups -OCH3 is 4. The number of fused-ring (bicyclic) bond motifs is 1. The Labute approximate surface area is 322 Å². The van der Waals surface area contributed by atoms with Gasteiger partial charge in [0.1, 0.15) is 69.0 Å². The van der Waals surface area contributed by atoms with Crippen LogP contribution in [0, 0.1) is 0 Å². The monoisotopic (exact) mass is 766 g/mol. The molecule has 13 nitrogen and oxygen atoms in total. The maximum absolute atomic E-state index is 13.8. The normalized spacial score (nSPS) is 13.7. The molecule has 5 aromatic rings. The van der Waals surface area contributed by atoms with Crippen molar-refractivity contribution >= 4 is 11.6 Å². The van der Waals surface area contributed by atoms with Gasteiger partial charge in [0.15, 0.2) is 23.1 Å². The molecule has 56 heavy (non-hydrogen) atoms. The van der Waals surface area contributed by atoms with Crippen LogP contribution in [0.3, 0.4) is 0 Å². The highest BCUT2D eigenvalue weighted by atomic mass is 16.5. The predicted molar refractivity (Wildman–Crippen MR) is 204 cm³/mol. The number of ether oxygens (including phenoxy) is 5. The molecule has 0 saturated carbocycles. The number of phenols is 6. The summed E-state index contributed by atoms with van der Waals surface area (Å²) in [6.07, 6.45) is -0.657. The molecule has 0 saturated heterocycles. The summed E-state index contributed by atoms with van der Waals surface area (Å²) in [6, 6.07) is 18.9. The molecule has 0 aromatic heterocycles. The molecule has 6 rings (SSSR count). The number of ketones is 2. The van der Waals surface area contributed by atoms with E-state index in [9.17, 15) is 40.2 Å². The average molecular weight is 767 g/mol. The summed E-state index contributed by atoms with van der Waals surface area (Å²) in [6.45, 7) is 0. The minimum atomic E-state index is -1.35. The van der Waals surface area contributed by atoms with Gasteiger partial charge >= 0.3 is 0 Å². The van der Waals surface area contributed by atoms with Gasteiger partial charge in [-0.15, -0.1) is 0 Å². The van der Waals surface area contributed by atoms with E-state index in [0.29, 0.717) is 24.3 Å². The Hall–Kier alpha value is -6.76. The van der Waals surface area contributed by atoms with Crippen molar-refractivity contribution in [3.63, 3.8) is 0 Å². The van der Waals surface area contributed by atoms with E-state index in [1.54, 1.807) is 50.6 Å². The van der Waals surface area contributed by atoms with Gasteiger partial charge in [0.2, 0.25) is 0 Å². The van der Waals surface area contributed by atoms with Crippen molar-refractivity contribution in [3.8, 4) is 63.2 Å². The van der Waals surface area contributed by atoms with Crippen LogP contribution in [0.1, 0.15) is 67.3 Å². The molecule has 2 atom stereocenters. The molecule has 13 heteroatoms. The van der Waals surface area contributed by atoms with Crippen LogP contribution in [0.15, 0.2) is 72.8 Å². The van der Waals surface area contributed by atoms with Crippen LogP contribution in [-0.2, 0) is 19.3 Å². The van der Waals surface area contributed by atoms with E-state index in [1.165, 1.54) is 20.3 Å². The van der Waals surface area contributed by atoms with Crippen LogP contribution in [0.4, 0.5) is 0 Å². The van der Waals surface area contributed by atoms with Crippen molar-refractivity contribution in [2.24, 2.45) is 0 Å². The summed E-state index contributed by atoms with van der Waals surface area (Å²) in [5.41, 5.74) is 1.23. The van der Waals surface area contributed by atoms with E-state index in [4.69, 9.17) is 23.7 Å². The molecule has 1 aliphatic heterocycles. The van der Waals surface area contributed by atoms with E-state index < -0.39 is 58.1 Å². The summed E-state index contributed by atoms with van der Waals surface area (Å²) in [5.74, 6) is -4.33. The number of benzene rings is 5. The molecule has 5 aromatic carbocycles. The first-order chi connectivity index (χ1) is 26.9. The number of hydrogen-bond donors (Lipinski definition) is 6.